The third-order valence-electron chi connectivity index (χ3n) is 2.52. The summed E-state index contributed by atoms with van der Waals surface area (Å²) in [4.78, 5) is 11.9. The highest BCUT2D eigenvalue weighted by atomic mass is 32.2. The Morgan fingerprint density at radius 2 is 2.00 bits per heavy atom. The SMILES string of the molecule is CCSCCC(C)NC(=O)c1c(O)cccc1O. The van der Waals surface area contributed by atoms with Crippen LogP contribution in [0.5, 0.6) is 11.5 Å². The van der Waals surface area contributed by atoms with E-state index in [0.29, 0.717) is 0 Å². The van der Waals surface area contributed by atoms with Gasteiger partial charge in [0.1, 0.15) is 17.1 Å². The Balaban J connectivity index is 2.60. The first-order valence-corrected chi connectivity index (χ1v) is 7.11. The van der Waals surface area contributed by atoms with Crippen LogP contribution >= 0.6 is 11.8 Å². The maximum atomic E-state index is 11.9. The zero-order chi connectivity index (χ0) is 13.5. The van der Waals surface area contributed by atoms with Crippen molar-refractivity contribution >= 4 is 17.7 Å². The highest BCUT2D eigenvalue weighted by Crippen LogP contribution is 2.26. The first kappa shape index (κ1) is 14.7. The van der Waals surface area contributed by atoms with E-state index in [4.69, 9.17) is 0 Å². The van der Waals surface area contributed by atoms with Crippen LogP contribution in [0, 0.1) is 0 Å². The molecule has 3 N–H and O–H groups in total. The Kier molecular flexibility index (Phi) is 5.85. The lowest BCUT2D eigenvalue weighted by molar-refractivity contribution is 0.0934. The molecule has 0 aliphatic carbocycles. The van der Waals surface area contributed by atoms with Gasteiger partial charge in [0.2, 0.25) is 0 Å². The van der Waals surface area contributed by atoms with E-state index < -0.39 is 5.91 Å². The molecule has 0 aliphatic heterocycles. The molecule has 1 amide bonds. The average Bonchev–Trinajstić information content (AvgIpc) is 2.29. The number of aromatic hydroxyl groups is 2. The molecule has 0 saturated heterocycles. The van der Waals surface area contributed by atoms with Crippen LogP contribution in [0.25, 0.3) is 0 Å². The second-order valence-corrected chi connectivity index (χ2v) is 5.43. The lowest BCUT2D eigenvalue weighted by Gasteiger charge is -2.14. The summed E-state index contributed by atoms with van der Waals surface area (Å²) in [5.41, 5.74) is -0.0625. The van der Waals surface area contributed by atoms with Gasteiger partial charge >= 0.3 is 0 Å². The first-order valence-electron chi connectivity index (χ1n) is 5.95. The molecule has 0 saturated carbocycles. The summed E-state index contributed by atoms with van der Waals surface area (Å²) < 4.78 is 0. The zero-order valence-corrected chi connectivity index (χ0v) is 11.5. The smallest absolute Gasteiger partial charge is 0.259 e. The topological polar surface area (TPSA) is 69.6 Å². The predicted molar refractivity (Wildman–Crippen MR) is 74.3 cm³/mol. The van der Waals surface area contributed by atoms with Crippen molar-refractivity contribution < 1.29 is 15.0 Å². The lowest BCUT2D eigenvalue weighted by Crippen LogP contribution is -2.33. The molecule has 100 valence electrons. The molecule has 5 heteroatoms. The number of nitrogens with one attached hydrogen (secondary N) is 1. The van der Waals surface area contributed by atoms with Gasteiger partial charge in [-0.05, 0) is 37.0 Å². The number of hydrogen-bond acceptors (Lipinski definition) is 4. The molecule has 1 atom stereocenters. The third kappa shape index (κ3) is 4.14. The number of rotatable bonds is 6. The van der Waals surface area contributed by atoms with E-state index >= 15 is 0 Å². The molecular formula is C13H19NO3S. The van der Waals surface area contributed by atoms with Crippen LogP contribution in [0.3, 0.4) is 0 Å². The van der Waals surface area contributed by atoms with Crippen molar-refractivity contribution in [2.75, 3.05) is 11.5 Å². The van der Waals surface area contributed by atoms with Gasteiger partial charge in [0.25, 0.3) is 5.91 Å². The van der Waals surface area contributed by atoms with Crippen molar-refractivity contribution in [2.24, 2.45) is 0 Å². The Hall–Kier alpha value is -1.36. The molecule has 0 spiro atoms. The summed E-state index contributed by atoms with van der Waals surface area (Å²) in [5, 5.41) is 21.9. The summed E-state index contributed by atoms with van der Waals surface area (Å²) in [6.07, 6.45) is 0.860. The van der Waals surface area contributed by atoms with Gasteiger partial charge in [-0.25, -0.2) is 0 Å². The van der Waals surface area contributed by atoms with E-state index in [1.54, 1.807) is 0 Å². The Morgan fingerprint density at radius 3 is 2.56 bits per heavy atom. The molecule has 0 bridgehead atoms. The van der Waals surface area contributed by atoms with Gasteiger partial charge in [-0.3, -0.25) is 4.79 Å². The fourth-order valence-corrected chi connectivity index (χ4v) is 2.34. The average molecular weight is 269 g/mol. The summed E-state index contributed by atoms with van der Waals surface area (Å²) in [6.45, 7) is 4.00. The standard InChI is InChI=1S/C13H19NO3S/c1-3-18-8-7-9(2)14-13(17)12-10(15)5-4-6-11(12)16/h4-6,9,15-16H,3,7-8H2,1-2H3,(H,14,17). The van der Waals surface area contributed by atoms with Gasteiger partial charge in [-0.1, -0.05) is 13.0 Å². The second kappa shape index (κ2) is 7.16. The predicted octanol–water partition coefficient (Wildman–Crippen LogP) is 2.36. The maximum Gasteiger partial charge on any atom is 0.259 e. The highest BCUT2D eigenvalue weighted by molar-refractivity contribution is 7.99. The highest BCUT2D eigenvalue weighted by Gasteiger charge is 2.17. The van der Waals surface area contributed by atoms with E-state index in [1.807, 2.05) is 18.7 Å². The molecule has 1 unspecified atom stereocenters. The quantitative estimate of drug-likeness (QED) is 0.693. The molecule has 1 rings (SSSR count). The molecule has 4 nitrogen and oxygen atoms in total. The number of phenolic OH excluding ortho intramolecular Hbond substituents is 2. The van der Waals surface area contributed by atoms with Crippen molar-refractivity contribution in [3.05, 3.63) is 23.8 Å². The minimum atomic E-state index is -0.445. The van der Waals surface area contributed by atoms with Crippen molar-refractivity contribution in [1.29, 1.82) is 0 Å². The van der Waals surface area contributed by atoms with Crippen molar-refractivity contribution in [2.45, 2.75) is 26.3 Å². The summed E-state index contributed by atoms with van der Waals surface area (Å²) in [5.74, 6) is 1.18. The molecule has 1 aromatic rings. The summed E-state index contributed by atoms with van der Waals surface area (Å²) in [6, 6.07) is 4.26. The van der Waals surface area contributed by atoms with Crippen LogP contribution in [0.4, 0.5) is 0 Å². The molecule has 18 heavy (non-hydrogen) atoms. The number of benzene rings is 1. The van der Waals surface area contributed by atoms with Gasteiger partial charge in [-0.15, -0.1) is 0 Å². The van der Waals surface area contributed by atoms with Crippen LogP contribution in [0.2, 0.25) is 0 Å². The van der Waals surface area contributed by atoms with Crippen molar-refractivity contribution in [1.82, 2.24) is 5.32 Å². The molecule has 0 aliphatic rings. The Morgan fingerprint density at radius 1 is 1.39 bits per heavy atom. The molecule has 1 aromatic carbocycles. The van der Waals surface area contributed by atoms with Crippen LogP contribution in [-0.4, -0.2) is 33.7 Å². The van der Waals surface area contributed by atoms with Gasteiger partial charge in [0.05, 0.1) is 0 Å². The molecule has 0 aromatic heterocycles. The summed E-state index contributed by atoms with van der Waals surface area (Å²) >= 11 is 1.82. The van der Waals surface area contributed by atoms with E-state index in [1.165, 1.54) is 18.2 Å². The van der Waals surface area contributed by atoms with Crippen molar-refractivity contribution in [3.63, 3.8) is 0 Å². The maximum absolute atomic E-state index is 11.9. The Labute approximate surface area is 111 Å². The molecule has 0 heterocycles. The van der Waals surface area contributed by atoms with Crippen LogP contribution in [0.15, 0.2) is 18.2 Å². The Bertz CT molecular complexity index is 389. The number of thioether (sulfide) groups is 1. The molecule has 0 fully saturated rings. The van der Waals surface area contributed by atoms with Gasteiger partial charge < -0.3 is 15.5 Å². The monoisotopic (exact) mass is 269 g/mol. The number of carbonyl (C=O) groups is 1. The van der Waals surface area contributed by atoms with Gasteiger partial charge in [0, 0.05) is 6.04 Å². The fourth-order valence-electron chi connectivity index (χ4n) is 1.53. The van der Waals surface area contributed by atoms with E-state index in [9.17, 15) is 15.0 Å². The van der Waals surface area contributed by atoms with E-state index in [-0.39, 0.29) is 23.1 Å². The molecular weight excluding hydrogens is 250 g/mol. The fraction of sp³-hybridized carbons (Fsp3) is 0.462. The van der Waals surface area contributed by atoms with Crippen molar-refractivity contribution in [3.8, 4) is 11.5 Å². The van der Waals surface area contributed by atoms with E-state index in [2.05, 4.69) is 12.2 Å². The normalized spacial score (nSPS) is 12.1. The lowest BCUT2D eigenvalue weighted by atomic mass is 10.1. The largest absolute Gasteiger partial charge is 0.507 e. The third-order valence-corrected chi connectivity index (χ3v) is 3.46. The number of phenols is 2. The summed E-state index contributed by atoms with van der Waals surface area (Å²) in [7, 11) is 0. The molecule has 0 radical (unpaired) electrons. The number of hydrogen-bond donors (Lipinski definition) is 3. The minimum Gasteiger partial charge on any atom is -0.507 e. The van der Waals surface area contributed by atoms with Gasteiger partial charge in [-0.2, -0.15) is 11.8 Å². The number of carbonyl (C=O) groups excluding carboxylic acids is 1. The zero-order valence-electron chi connectivity index (χ0n) is 10.6. The van der Waals surface area contributed by atoms with Crippen LogP contribution < -0.4 is 5.32 Å². The van der Waals surface area contributed by atoms with Gasteiger partial charge in [0.15, 0.2) is 0 Å². The van der Waals surface area contributed by atoms with E-state index in [0.717, 1.165) is 17.9 Å². The van der Waals surface area contributed by atoms with Crippen LogP contribution in [0.1, 0.15) is 30.6 Å². The second-order valence-electron chi connectivity index (χ2n) is 4.03. The number of amides is 1. The van der Waals surface area contributed by atoms with Crippen LogP contribution in [-0.2, 0) is 0 Å². The minimum absolute atomic E-state index is 0.00977. The first-order chi connectivity index (χ1) is 8.56.